The van der Waals surface area contributed by atoms with Gasteiger partial charge in [0.05, 0.1) is 13.2 Å². The van der Waals surface area contributed by atoms with Crippen molar-refractivity contribution < 1.29 is 14.3 Å². The third-order valence-electron chi connectivity index (χ3n) is 5.08. The van der Waals surface area contributed by atoms with Crippen LogP contribution in [0.5, 0.6) is 5.75 Å². The highest BCUT2D eigenvalue weighted by Gasteiger charge is 2.18. The Morgan fingerprint density at radius 1 is 1.03 bits per heavy atom. The van der Waals surface area contributed by atoms with Gasteiger partial charge in [-0.25, -0.2) is 0 Å². The molecular formula is C24H32N2O3. The number of amides is 1. The number of hydrogen-bond donors (Lipinski definition) is 1. The van der Waals surface area contributed by atoms with Gasteiger partial charge < -0.3 is 14.8 Å². The molecular weight excluding hydrogens is 364 g/mol. The Balaban J connectivity index is 1.45. The minimum Gasteiger partial charge on any atom is -0.483 e. The summed E-state index contributed by atoms with van der Waals surface area (Å²) in [6, 6.07) is 16.3. The fourth-order valence-electron chi connectivity index (χ4n) is 3.39. The van der Waals surface area contributed by atoms with Crippen LogP contribution in [0.4, 0.5) is 0 Å². The number of nitrogens with zero attached hydrogens (tertiary/aromatic N) is 1. The first-order valence-corrected chi connectivity index (χ1v) is 10.3. The normalized spacial score (nSPS) is 15.1. The van der Waals surface area contributed by atoms with E-state index in [4.69, 9.17) is 9.47 Å². The summed E-state index contributed by atoms with van der Waals surface area (Å²) in [5, 5.41) is 2.94. The lowest BCUT2D eigenvalue weighted by molar-refractivity contribution is -0.123. The maximum Gasteiger partial charge on any atom is 0.258 e. The number of carbonyl (C=O) groups is 1. The summed E-state index contributed by atoms with van der Waals surface area (Å²) in [7, 11) is 0. The Morgan fingerprint density at radius 2 is 1.69 bits per heavy atom. The number of carbonyl (C=O) groups excluding carboxylic acids is 1. The van der Waals surface area contributed by atoms with Crippen molar-refractivity contribution in [3.8, 4) is 5.75 Å². The molecule has 0 atom stereocenters. The van der Waals surface area contributed by atoms with E-state index in [1.165, 1.54) is 5.56 Å². The summed E-state index contributed by atoms with van der Waals surface area (Å²) in [6.45, 7) is 11.5. The monoisotopic (exact) mass is 396 g/mol. The summed E-state index contributed by atoms with van der Waals surface area (Å²) in [6.07, 6.45) is 0. The molecule has 0 unspecified atom stereocenters. The van der Waals surface area contributed by atoms with Crippen molar-refractivity contribution in [3.05, 3.63) is 65.2 Å². The molecule has 1 N–H and O–H groups in total. The van der Waals surface area contributed by atoms with Gasteiger partial charge in [-0.15, -0.1) is 0 Å². The molecule has 5 heteroatoms. The van der Waals surface area contributed by atoms with Crippen LogP contribution >= 0.6 is 0 Å². The zero-order chi connectivity index (χ0) is 20.7. The van der Waals surface area contributed by atoms with Gasteiger partial charge in [-0.05, 0) is 28.2 Å². The molecule has 0 aliphatic carbocycles. The molecule has 0 aromatic heterocycles. The van der Waals surface area contributed by atoms with E-state index in [0.29, 0.717) is 6.54 Å². The van der Waals surface area contributed by atoms with E-state index in [0.717, 1.165) is 49.7 Å². The molecule has 0 bridgehead atoms. The highest BCUT2D eigenvalue weighted by molar-refractivity contribution is 5.77. The van der Waals surface area contributed by atoms with Gasteiger partial charge in [-0.3, -0.25) is 9.69 Å². The lowest BCUT2D eigenvalue weighted by Crippen LogP contribution is -2.35. The Morgan fingerprint density at radius 3 is 2.38 bits per heavy atom. The van der Waals surface area contributed by atoms with E-state index >= 15 is 0 Å². The number of nitrogens with one attached hydrogen (secondary N) is 1. The van der Waals surface area contributed by atoms with Gasteiger partial charge >= 0.3 is 0 Å². The predicted octanol–water partition coefficient (Wildman–Crippen LogP) is 3.51. The fraction of sp³-hybridized carbons (Fsp3) is 0.458. The molecule has 1 amide bonds. The summed E-state index contributed by atoms with van der Waals surface area (Å²) in [5.74, 6) is 0.647. The molecule has 1 aliphatic rings. The average Bonchev–Trinajstić information content (AvgIpc) is 2.72. The Kier molecular flexibility index (Phi) is 7.29. The smallest absolute Gasteiger partial charge is 0.258 e. The van der Waals surface area contributed by atoms with Gasteiger partial charge in [0.2, 0.25) is 0 Å². The fourth-order valence-corrected chi connectivity index (χ4v) is 3.39. The van der Waals surface area contributed by atoms with Crippen LogP contribution < -0.4 is 10.1 Å². The lowest BCUT2D eigenvalue weighted by Gasteiger charge is -2.26. The zero-order valence-corrected chi connectivity index (χ0v) is 17.7. The average molecular weight is 397 g/mol. The van der Waals surface area contributed by atoms with E-state index in [1.54, 1.807) is 0 Å². The van der Waals surface area contributed by atoms with Gasteiger partial charge in [-0.2, -0.15) is 0 Å². The molecule has 1 aliphatic heterocycles. The lowest BCUT2D eigenvalue weighted by atomic mass is 9.86. The summed E-state index contributed by atoms with van der Waals surface area (Å²) >= 11 is 0. The van der Waals surface area contributed by atoms with Crippen LogP contribution in [0.25, 0.3) is 0 Å². The number of benzene rings is 2. The van der Waals surface area contributed by atoms with Crippen molar-refractivity contribution >= 4 is 5.91 Å². The number of hydrogen-bond acceptors (Lipinski definition) is 4. The first-order valence-electron chi connectivity index (χ1n) is 10.3. The number of rotatable bonds is 7. The molecule has 2 aromatic carbocycles. The molecule has 156 valence electrons. The van der Waals surface area contributed by atoms with Crippen LogP contribution in [0, 0.1) is 0 Å². The van der Waals surface area contributed by atoms with Crippen LogP contribution in [0.1, 0.15) is 37.5 Å². The van der Waals surface area contributed by atoms with E-state index in [-0.39, 0.29) is 17.9 Å². The minimum absolute atomic E-state index is 0.0161. The van der Waals surface area contributed by atoms with Crippen molar-refractivity contribution in [2.75, 3.05) is 32.9 Å². The Hall–Kier alpha value is -2.37. The van der Waals surface area contributed by atoms with Crippen LogP contribution in [0.15, 0.2) is 48.5 Å². The molecule has 29 heavy (non-hydrogen) atoms. The van der Waals surface area contributed by atoms with Crippen LogP contribution in [0.2, 0.25) is 0 Å². The molecule has 3 rings (SSSR count). The van der Waals surface area contributed by atoms with Gasteiger partial charge in [0.25, 0.3) is 5.91 Å². The van der Waals surface area contributed by atoms with Crippen molar-refractivity contribution in [1.29, 1.82) is 0 Å². The standard InChI is InChI=1S/C24H32N2O3/c1-24(2,3)21-6-4-5-7-22(21)29-18-23(27)25-16-19-8-10-20(11-9-19)17-26-12-14-28-15-13-26/h4-11H,12-18H2,1-3H3,(H,25,27). The highest BCUT2D eigenvalue weighted by Crippen LogP contribution is 2.30. The second-order valence-corrected chi connectivity index (χ2v) is 8.52. The largest absolute Gasteiger partial charge is 0.483 e. The highest BCUT2D eigenvalue weighted by atomic mass is 16.5. The van der Waals surface area contributed by atoms with E-state index in [1.807, 2.05) is 24.3 Å². The number of morpholine rings is 1. The topological polar surface area (TPSA) is 50.8 Å². The van der Waals surface area contributed by atoms with Crippen LogP contribution in [-0.4, -0.2) is 43.7 Å². The summed E-state index contributed by atoms with van der Waals surface area (Å²) in [4.78, 5) is 14.6. The Bertz CT molecular complexity index is 791. The second kappa shape index (κ2) is 9.90. The number of ether oxygens (including phenoxy) is 2. The quantitative estimate of drug-likeness (QED) is 0.778. The number of para-hydroxylation sites is 1. The molecule has 1 fully saturated rings. The second-order valence-electron chi connectivity index (χ2n) is 8.52. The van der Waals surface area contributed by atoms with E-state index in [9.17, 15) is 4.79 Å². The zero-order valence-electron chi connectivity index (χ0n) is 17.7. The van der Waals surface area contributed by atoms with Crippen molar-refractivity contribution in [2.24, 2.45) is 0 Å². The first-order chi connectivity index (χ1) is 13.9. The SMILES string of the molecule is CC(C)(C)c1ccccc1OCC(=O)NCc1ccc(CN2CCOCC2)cc1. The van der Waals surface area contributed by atoms with E-state index < -0.39 is 0 Å². The summed E-state index contributed by atoms with van der Waals surface area (Å²) < 4.78 is 11.2. The van der Waals surface area contributed by atoms with E-state index in [2.05, 4.69) is 55.3 Å². The van der Waals surface area contributed by atoms with Gasteiger partial charge in [0, 0.05) is 26.2 Å². The van der Waals surface area contributed by atoms with Crippen LogP contribution in [-0.2, 0) is 28.0 Å². The molecule has 5 nitrogen and oxygen atoms in total. The molecule has 0 radical (unpaired) electrons. The molecule has 0 saturated carbocycles. The van der Waals surface area contributed by atoms with Gasteiger partial charge in [-0.1, -0.05) is 63.2 Å². The van der Waals surface area contributed by atoms with Crippen LogP contribution in [0.3, 0.4) is 0 Å². The molecule has 0 spiro atoms. The van der Waals surface area contributed by atoms with Crippen molar-refractivity contribution in [2.45, 2.75) is 39.3 Å². The molecule has 1 saturated heterocycles. The van der Waals surface area contributed by atoms with Gasteiger partial charge in [0.15, 0.2) is 6.61 Å². The van der Waals surface area contributed by atoms with Crippen molar-refractivity contribution in [1.82, 2.24) is 10.2 Å². The third kappa shape index (κ3) is 6.58. The maximum absolute atomic E-state index is 12.2. The van der Waals surface area contributed by atoms with Gasteiger partial charge in [0.1, 0.15) is 5.75 Å². The first kappa shape index (κ1) is 21.3. The molecule has 2 aromatic rings. The Labute approximate surface area is 174 Å². The van der Waals surface area contributed by atoms with Crippen molar-refractivity contribution in [3.63, 3.8) is 0 Å². The molecule has 1 heterocycles. The maximum atomic E-state index is 12.2. The third-order valence-corrected chi connectivity index (χ3v) is 5.08. The predicted molar refractivity (Wildman–Crippen MR) is 115 cm³/mol. The summed E-state index contributed by atoms with van der Waals surface area (Å²) in [5.41, 5.74) is 3.43. The minimum atomic E-state index is -0.119.